The molecular formula is C22H41N. The van der Waals surface area contributed by atoms with Crippen molar-refractivity contribution in [3.05, 3.63) is 34.9 Å². The summed E-state index contributed by atoms with van der Waals surface area (Å²) in [6.45, 7) is 13.8. The zero-order chi connectivity index (χ0) is 17.5. The fourth-order valence-electron chi connectivity index (χ4n) is 2.87. The maximum absolute atomic E-state index is 5.58. The van der Waals surface area contributed by atoms with E-state index in [4.69, 9.17) is 5.73 Å². The first-order chi connectivity index (χ1) is 11.0. The highest BCUT2D eigenvalue weighted by atomic mass is 14.5. The van der Waals surface area contributed by atoms with E-state index in [1.54, 1.807) is 22.3 Å². The average molecular weight is 320 g/mol. The fraction of sp³-hybridized carbons (Fsp3) is 0.727. The van der Waals surface area contributed by atoms with Gasteiger partial charge in [-0.2, -0.15) is 0 Å². The Balaban J connectivity index is 4.08. The molecule has 23 heavy (non-hydrogen) atoms. The maximum Gasteiger partial charge on any atom is -0.00772 e. The first kappa shape index (κ1) is 22.2. The molecule has 0 atom stereocenters. The number of unbranched alkanes of at least 4 members (excludes halogenated alkanes) is 6. The van der Waals surface area contributed by atoms with Gasteiger partial charge in [0.2, 0.25) is 0 Å². The summed E-state index contributed by atoms with van der Waals surface area (Å²) in [5, 5.41) is 0. The highest BCUT2D eigenvalue weighted by Gasteiger charge is 2.03. The molecule has 0 aromatic carbocycles. The van der Waals surface area contributed by atoms with E-state index in [0.29, 0.717) is 0 Å². The third kappa shape index (κ3) is 12.3. The molecule has 1 nitrogen and oxygen atoms in total. The highest BCUT2D eigenvalue weighted by Crippen LogP contribution is 2.22. The summed E-state index contributed by atoms with van der Waals surface area (Å²) in [6, 6.07) is 0. The maximum atomic E-state index is 5.58. The normalized spacial score (nSPS) is 13.6. The molecule has 0 radical (unpaired) electrons. The molecule has 0 rings (SSSR count). The number of hydrogen-bond acceptors (Lipinski definition) is 1. The van der Waals surface area contributed by atoms with Crippen LogP contribution in [0.2, 0.25) is 0 Å². The monoisotopic (exact) mass is 319 g/mol. The van der Waals surface area contributed by atoms with Gasteiger partial charge in [0.15, 0.2) is 0 Å². The van der Waals surface area contributed by atoms with Crippen LogP contribution in [0.25, 0.3) is 0 Å². The van der Waals surface area contributed by atoms with E-state index in [0.717, 1.165) is 19.4 Å². The van der Waals surface area contributed by atoms with E-state index in [9.17, 15) is 0 Å². The summed E-state index contributed by atoms with van der Waals surface area (Å²) in [6.07, 6.45) is 16.0. The summed E-state index contributed by atoms with van der Waals surface area (Å²) in [7, 11) is 0. The number of nitrogens with two attached hydrogens (primary N) is 1. The molecule has 2 N–H and O–H groups in total. The van der Waals surface area contributed by atoms with Gasteiger partial charge in [-0.1, -0.05) is 47.6 Å². The van der Waals surface area contributed by atoms with Crippen LogP contribution in [0.5, 0.6) is 0 Å². The third-order valence-electron chi connectivity index (χ3n) is 4.95. The molecule has 0 spiro atoms. The Hall–Kier alpha value is -0.820. The minimum absolute atomic E-state index is 0.817. The summed E-state index contributed by atoms with van der Waals surface area (Å²) in [4.78, 5) is 0. The van der Waals surface area contributed by atoms with Crippen LogP contribution >= 0.6 is 0 Å². The molecule has 0 heterocycles. The summed E-state index contributed by atoms with van der Waals surface area (Å²) >= 11 is 0. The molecule has 134 valence electrons. The smallest absolute Gasteiger partial charge is 0.00772 e. The van der Waals surface area contributed by atoms with Gasteiger partial charge < -0.3 is 5.73 Å². The topological polar surface area (TPSA) is 26.0 Å². The Labute approximate surface area is 146 Å². The molecule has 0 saturated heterocycles. The van der Waals surface area contributed by atoms with Crippen molar-refractivity contribution in [2.75, 3.05) is 6.54 Å². The lowest BCUT2D eigenvalue weighted by Crippen LogP contribution is -1.98. The molecule has 1 heteroatoms. The third-order valence-corrected chi connectivity index (χ3v) is 4.95. The van der Waals surface area contributed by atoms with E-state index in [1.807, 2.05) is 6.08 Å². The van der Waals surface area contributed by atoms with E-state index < -0.39 is 0 Å². The van der Waals surface area contributed by atoms with Crippen LogP contribution in [0.4, 0.5) is 0 Å². The molecule has 0 aliphatic rings. The zero-order valence-corrected chi connectivity index (χ0v) is 16.3. The van der Waals surface area contributed by atoms with Crippen molar-refractivity contribution >= 4 is 0 Å². The Bertz CT molecular complexity index is 373. The van der Waals surface area contributed by atoms with E-state index in [2.05, 4.69) is 34.3 Å². The summed E-state index contributed by atoms with van der Waals surface area (Å²) in [5.41, 5.74) is 11.9. The van der Waals surface area contributed by atoms with Crippen molar-refractivity contribution < 1.29 is 0 Å². The lowest BCUT2D eigenvalue weighted by Gasteiger charge is -2.12. The standard InChI is InChI=1S/C22H41N/c1-6-7-8-9-10-11-12-15-19(2)21(4)18-22(5)20(3)16-13-14-17-23/h6H,1,7-18,23H2,2-5H3/b21-19-,22-20-. The van der Waals surface area contributed by atoms with Crippen molar-refractivity contribution in [3.63, 3.8) is 0 Å². The number of rotatable bonds is 14. The number of hydrogen-bond donors (Lipinski definition) is 1. The molecule has 0 aliphatic heterocycles. The van der Waals surface area contributed by atoms with Crippen LogP contribution < -0.4 is 5.73 Å². The molecule has 0 fully saturated rings. The minimum Gasteiger partial charge on any atom is -0.330 e. The van der Waals surface area contributed by atoms with Crippen LogP contribution in [-0.4, -0.2) is 6.54 Å². The van der Waals surface area contributed by atoms with E-state index in [-0.39, 0.29) is 0 Å². The van der Waals surface area contributed by atoms with Crippen molar-refractivity contribution in [1.82, 2.24) is 0 Å². The Morgan fingerprint density at radius 1 is 0.696 bits per heavy atom. The van der Waals surface area contributed by atoms with Gasteiger partial charge in [0.05, 0.1) is 0 Å². The lowest BCUT2D eigenvalue weighted by molar-refractivity contribution is 0.615. The molecule has 0 aromatic rings. The molecule has 0 bridgehead atoms. The van der Waals surface area contributed by atoms with Crippen molar-refractivity contribution in [2.24, 2.45) is 5.73 Å². The average Bonchev–Trinajstić information content (AvgIpc) is 2.53. The summed E-state index contributed by atoms with van der Waals surface area (Å²) < 4.78 is 0. The van der Waals surface area contributed by atoms with E-state index in [1.165, 1.54) is 57.8 Å². The van der Waals surface area contributed by atoms with Gasteiger partial charge in [-0.05, 0) is 85.6 Å². The molecule has 0 saturated carbocycles. The molecule has 0 aromatic heterocycles. The van der Waals surface area contributed by atoms with Crippen LogP contribution in [0.3, 0.4) is 0 Å². The van der Waals surface area contributed by atoms with Gasteiger partial charge in [-0.3, -0.25) is 0 Å². The van der Waals surface area contributed by atoms with Gasteiger partial charge >= 0.3 is 0 Å². The van der Waals surface area contributed by atoms with Crippen LogP contribution in [-0.2, 0) is 0 Å². The Kier molecular flexibility index (Phi) is 14.2. The van der Waals surface area contributed by atoms with Crippen LogP contribution in [0.1, 0.15) is 98.3 Å². The largest absolute Gasteiger partial charge is 0.330 e. The van der Waals surface area contributed by atoms with Gasteiger partial charge in [-0.25, -0.2) is 0 Å². The zero-order valence-electron chi connectivity index (χ0n) is 16.3. The van der Waals surface area contributed by atoms with Crippen molar-refractivity contribution in [2.45, 2.75) is 98.3 Å². The first-order valence-electron chi connectivity index (χ1n) is 9.64. The predicted molar refractivity (Wildman–Crippen MR) is 107 cm³/mol. The second kappa shape index (κ2) is 14.8. The fourth-order valence-corrected chi connectivity index (χ4v) is 2.87. The molecule has 0 amide bonds. The van der Waals surface area contributed by atoms with Gasteiger partial charge in [0.1, 0.15) is 0 Å². The Morgan fingerprint density at radius 3 is 1.70 bits per heavy atom. The van der Waals surface area contributed by atoms with Crippen LogP contribution in [0, 0.1) is 0 Å². The first-order valence-corrected chi connectivity index (χ1v) is 9.64. The van der Waals surface area contributed by atoms with Gasteiger partial charge in [0, 0.05) is 0 Å². The highest BCUT2D eigenvalue weighted by molar-refractivity contribution is 5.21. The SMILES string of the molecule is C=CCCCCCCC/C(C)=C(/C)C/C(C)=C(/C)CCCCN. The van der Waals surface area contributed by atoms with Crippen molar-refractivity contribution in [1.29, 1.82) is 0 Å². The Morgan fingerprint density at radius 2 is 1.17 bits per heavy atom. The lowest BCUT2D eigenvalue weighted by atomic mass is 9.95. The predicted octanol–water partition coefficient (Wildman–Crippen LogP) is 7.10. The minimum atomic E-state index is 0.817. The summed E-state index contributed by atoms with van der Waals surface area (Å²) in [5.74, 6) is 0. The number of allylic oxidation sites excluding steroid dienone is 5. The van der Waals surface area contributed by atoms with E-state index >= 15 is 0 Å². The second-order valence-electron chi connectivity index (χ2n) is 7.14. The van der Waals surface area contributed by atoms with Crippen LogP contribution in [0.15, 0.2) is 34.9 Å². The van der Waals surface area contributed by atoms with Gasteiger partial charge in [-0.15, -0.1) is 6.58 Å². The second-order valence-corrected chi connectivity index (χ2v) is 7.14. The van der Waals surface area contributed by atoms with Crippen molar-refractivity contribution in [3.8, 4) is 0 Å². The molecular weight excluding hydrogens is 278 g/mol. The van der Waals surface area contributed by atoms with Gasteiger partial charge in [0.25, 0.3) is 0 Å². The molecule has 0 aliphatic carbocycles. The quantitative estimate of drug-likeness (QED) is 0.268. The molecule has 0 unspecified atom stereocenters.